The molecule has 1 atom stereocenters. The lowest BCUT2D eigenvalue weighted by Gasteiger charge is -2.31. The third-order valence-corrected chi connectivity index (χ3v) is 3.96. The van der Waals surface area contributed by atoms with Crippen LogP contribution in [0.4, 0.5) is 5.69 Å². The highest BCUT2D eigenvalue weighted by atomic mass is 16.2. The van der Waals surface area contributed by atoms with Gasteiger partial charge in [0.1, 0.15) is 0 Å². The monoisotopic (exact) mass is 265 g/mol. The van der Waals surface area contributed by atoms with Gasteiger partial charge in [-0.25, -0.2) is 0 Å². The molecule has 1 fully saturated rings. The van der Waals surface area contributed by atoms with Crippen molar-refractivity contribution in [1.82, 2.24) is 0 Å². The summed E-state index contributed by atoms with van der Waals surface area (Å²) in [5, 5.41) is 0. The number of nitrogens with zero attached hydrogens (tertiary/aromatic N) is 1. The lowest BCUT2D eigenvalue weighted by Crippen LogP contribution is -2.39. The molecule has 0 radical (unpaired) electrons. The quantitative estimate of drug-likeness (QED) is 0.829. The average Bonchev–Trinajstić information content (AvgIpc) is 2.49. The predicted molar refractivity (Wildman–Crippen MR) is 81.7 cm³/mol. The smallest absolute Gasteiger partial charge is 0.227 e. The zero-order valence-electron chi connectivity index (χ0n) is 11.5. The first-order valence-corrected chi connectivity index (χ1v) is 7.22. The number of carbonyl (C=O) groups is 1. The summed E-state index contributed by atoms with van der Waals surface area (Å²) in [7, 11) is 0. The van der Waals surface area contributed by atoms with E-state index in [0.29, 0.717) is 12.3 Å². The molecule has 2 heteroatoms. The molecule has 0 aliphatic carbocycles. The first kappa shape index (κ1) is 12.9. The molecule has 0 aromatic heterocycles. The average molecular weight is 265 g/mol. The molecule has 20 heavy (non-hydrogen) atoms. The fourth-order valence-electron chi connectivity index (χ4n) is 2.90. The van der Waals surface area contributed by atoms with Crippen molar-refractivity contribution < 1.29 is 4.79 Å². The summed E-state index contributed by atoms with van der Waals surface area (Å²) in [5.41, 5.74) is 2.36. The van der Waals surface area contributed by atoms with Gasteiger partial charge in [-0.15, -0.1) is 0 Å². The van der Waals surface area contributed by atoms with Crippen LogP contribution in [0.3, 0.4) is 0 Å². The van der Waals surface area contributed by atoms with Crippen molar-refractivity contribution in [2.45, 2.75) is 19.3 Å². The Bertz CT molecular complexity index is 564. The SMILES string of the molecule is O=C1CC(Cc2ccccc2)CCN1c1ccccc1. The molecule has 1 unspecified atom stereocenters. The van der Waals surface area contributed by atoms with E-state index in [1.165, 1.54) is 5.56 Å². The first-order chi connectivity index (χ1) is 9.83. The van der Waals surface area contributed by atoms with Gasteiger partial charge in [-0.3, -0.25) is 4.79 Å². The Kier molecular flexibility index (Phi) is 3.82. The summed E-state index contributed by atoms with van der Waals surface area (Å²) in [5.74, 6) is 0.730. The molecular weight excluding hydrogens is 246 g/mol. The Morgan fingerprint density at radius 2 is 1.60 bits per heavy atom. The summed E-state index contributed by atoms with van der Waals surface area (Å²) >= 11 is 0. The first-order valence-electron chi connectivity index (χ1n) is 7.22. The van der Waals surface area contributed by atoms with Crippen molar-refractivity contribution in [3.05, 3.63) is 66.2 Å². The maximum Gasteiger partial charge on any atom is 0.227 e. The van der Waals surface area contributed by atoms with Gasteiger partial charge in [0, 0.05) is 18.7 Å². The van der Waals surface area contributed by atoms with Crippen LogP contribution in [-0.4, -0.2) is 12.5 Å². The van der Waals surface area contributed by atoms with E-state index in [-0.39, 0.29) is 5.91 Å². The van der Waals surface area contributed by atoms with Crippen LogP contribution in [0.25, 0.3) is 0 Å². The number of hydrogen-bond donors (Lipinski definition) is 0. The fraction of sp³-hybridized carbons (Fsp3) is 0.278. The highest BCUT2D eigenvalue weighted by Gasteiger charge is 2.26. The minimum Gasteiger partial charge on any atom is -0.312 e. The summed E-state index contributed by atoms with van der Waals surface area (Å²) in [4.78, 5) is 14.2. The van der Waals surface area contributed by atoms with Crippen molar-refractivity contribution in [3.63, 3.8) is 0 Å². The van der Waals surface area contributed by atoms with Crippen LogP contribution in [0.15, 0.2) is 60.7 Å². The van der Waals surface area contributed by atoms with Gasteiger partial charge in [-0.2, -0.15) is 0 Å². The normalized spacial score (nSPS) is 19.1. The maximum atomic E-state index is 12.3. The molecule has 2 aromatic carbocycles. The van der Waals surface area contributed by atoms with E-state index >= 15 is 0 Å². The van der Waals surface area contributed by atoms with E-state index in [2.05, 4.69) is 24.3 Å². The summed E-state index contributed by atoms with van der Waals surface area (Å²) in [6.07, 6.45) is 2.74. The van der Waals surface area contributed by atoms with E-state index in [1.54, 1.807) is 0 Å². The maximum absolute atomic E-state index is 12.3. The number of rotatable bonds is 3. The van der Waals surface area contributed by atoms with Gasteiger partial charge in [-0.1, -0.05) is 48.5 Å². The summed E-state index contributed by atoms with van der Waals surface area (Å²) < 4.78 is 0. The van der Waals surface area contributed by atoms with Crippen LogP contribution in [0, 0.1) is 5.92 Å². The summed E-state index contributed by atoms with van der Waals surface area (Å²) in [6.45, 7) is 0.834. The molecular formula is C18H19NO. The fourth-order valence-corrected chi connectivity index (χ4v) is 2.90. The number of amides is 1. The molecule has 102 valence electrons. The highest BCUT2D eigenvalue weighted by Crippen LogP contribution is 2.26. The Morgan fingerprint density at radius 1 is 0.950 bits per heavy atom. The van der Waals surface area contributed by atoms with Crippen LogP contribution in [0.1, 0.15) is 18.4 Å². The van der Waals surface area contributed by atoms with Gasteiger partial charge in [0.05, 0.1) is 0 Å². The van der Waals surface area contributed by atoms with Crippen molar-refractivity contribution in [2.24, 2.45) is 5.92 Å². The second-order valence-corrected chi connectivity index (χ2v) is 5.43. The number of para-hydroxylation sites is 1. The largest absolute Gasteiger partial charge is 0.312 e. The molecule has 1 heterocycles. The summed E-state index contributed by atoms with van der Waals surface area (Å²) in [6, 6.07) is 20.4. The van der Waals surface area contributed by atoms with Crippen LogP contribution in [0.2, 0.25) is 0 Å². The zero-order chi connectivity index (χ0) is 13.8. The number of carbonyl (C=O) groups excluding carboxylic acids is 1. The molecule has 0 saturated carbocycles. The van der Waals surface area contributed by atoms with Gasteiger partial charge in [0.2, 0.25) is 5.91 Å². The van der Waals surface area contributed by atoms with Crippen LogP contribution < -0.4 is 4.90 Å². The molecule has 1 aliphatic rings. The Balaban J connectivity index is 1.64. The van der Waals surface area contributed by atoms with E-state index in [4.69, 9.17) is 0 Å². The molecule has 3 rings (SSSR count). The molecule has 1 saturated heterocycles. The van der Waals surface area contributed by atoms with Crippen molar-refractivity contribution in [2.75, 3.05) is 11.4 Å². The number of piperidine rings is 1. The Morgan fingerprint density at radius 3 is 2.25 bits per heavy atom. The van der Waals surface area contributed by atoms with Gasteiger partial charge < -0.3 is 4.90 Å². The standard InChI is InChI=1S/C18H19NO/c20-18-14-16(13-15-7-3-1-4-8-15)11-12-19(18)17-9-5-2-6-10-17/h1-10,16H,11-14H2. The molecule has 1 amide bonds. The van der Waals surface area contributed by atoms with E-state index in [9.17, 15) is 4.79 Å². The van der Waals surface area contributed by atoms with E-state index < -0.39 is 0 Å². The van der Waals surface area contributed by atoms with Gasteiger partial charge in [-0.05, 0) is 36.5 Å². The van der Waals surface area contributed by atoms with Crippen LogP contribution in [0.5, 0.6) is 0 Å². The number of benzene rings is 2. The lowest BCUT2D eigenvalue weighted by atomic mass is 9.89. The third kappa shape index (κ3) is 2.90. The van der Waals surface area contributed by atoms with Crippen molar-refractivity contribution in [1.29, 1.82) is 0 Å². The third-order valence-electron chi connectivity index (χ3n) is 3.96. The number of anilines is 1. The van der Waals surface area contributed by atoms with Crippen molar-refractivity contribution >= 4 is 11.6 Å². The molecule has 2 aromatic rings. The molecule has 1 aliphatic heterocycles. The predicted octanol–water partition coefficient (Wildman–Crippen LogP) is 3.67. The van der Waals surface area contributed by atoms with Gasteiger partial charge in [0.15, 0.2) is 0 Å². The van der Waals surface area contributed by atoms with Crippen molar-refractivity contribution in [3.8, 4) is 0 Å². The molecule has 0 bridgehead atoms. The van der Waals surface area contributed by atoms with Gasteiger partial charge in [0.25, 0.3) is 0 Å². The van der Waals surface area contributed by atoms with Crippen LogP contribution >= 0.6 is 0 Å². The lowest BCUT2D eigenvalue weighted by molar-refractivity contribution is -0.120. The van der Waals surface area contributed by atoms with Gasteiger partial charge >= 0.3 is 0 Å². The minimum atomic E-state index is 0.253. The minimum absolute atomic E-state index is 0.253. The second kappa shape index (κ2) is 5.91. The molecule has 2 nitrogen and oxygen atoms in total. The zero-order valence-corrected chi connectivity index (χ0v) is 11.5. The highest BCUT2D eigenvalue weighted by molar-refractivity contribution is 5.94. The van der Waals surface area contributed by atoms with E-state index in [1.807, 2.05) is 41.3 Å². The Labute approximate surface area is 120 Å². The Hall–Kier alpha value is -2.09. The van der Waals surface area contributed by atoms with E-state index in [0.717, 1.165) is 25.1 Å². The second-order valence-electron chi connectivity index (χ2n) is 5.43. The van der Waals surface area contributed by atoms with Crippen LogP contribution in [-0.2, 0) is 11.2 Å². The topological polar surface area (TPSA) is 20.3 Å². The number of hydrogen-bond acceptors (Lipinski definition) is 1. The molecule has 0 N–H and O–H groups in total. The molecule has 0 spiro atoms.